The van der Waals surface area contributed by atoms with Gasteiger partial charge in [0.15, 0.2) is 0 Å². The second-order valence-electron chi connectivity index (χ2n) is 6.61. The van der Waals surface area contributed by atoms with E-state index in [1.165, 1.54) is 5.56 Å². The number of fused-ring (bicyclic) bond motifs is 2. The highest BCUT2D eigenvalue weighted by Crippen LogP contribution is 2.29. The summed E-state index contributed by atoms with van der Waals surface area (Å²) >= 11 is 0. The molecule has 1 fully saturated rings. The van der Waals surface area contributed by atoms with Crippen molar-refractivity contribution in [2.24, 2.45) is 11.8 Å². The standard InChI is InChI=1S/C21H22N2O/c24-21-19(15-17-7-3-1-4-8-17)12-11-18-13-14-22(23(21)16-18)20-9-5-2-6-10-20/h1-12,18-19H,13-16H2/t18-,19+/m0/s1. The lowest BCUT2D eigenvalue weighted by molar-refractivity contribution is -0.135. The first-order valence-corrected chi connectivity index (χ1v) is 8.67. The summed E-state index contributed by atoms with van der Waals surface area (Å²) in [6, 6.07) is 20.5. The molecule has 0 unspecified atom stereocenters. The lowest BCUT2D eigenvalue weighted by Crippen LogP contribution is -2.54. The molecule has 2 aliphatic rings. The van der Waals surface area contributed by atoms with Crippen molar-refractivity contribution in [1.29, 1.82) is 0 Å². The molecular weight excluding hydrogens is 296 g/mol. The van der Waals surface area contributed by atoms with Gasteiger partial charge in [-0.25, -0.2) is 0 Å². The van der Waals surface area contributed by atoms with E-state index in [0.717, 1.165) is 31.6 Å². The van der Waals surface area contributed by atoms with Gasteiger partial charge in [0.05, 0.1) is 11.6 Å². The molecule has 4 rings (SSSR count). The van der Waals surface area contributed by atoms with Gasteiger partial charge >= 0.3 is 0 Å². The average Bonchev–Trinajstić information content (AvgIpc) is 2.76. The van der Waals surface area contributed by atoms with E-state index in [1.54, 1.807) is 0 Å². The molecule has 1 amide bonds. The van der Waals surface area contributed by atoms with E-state index in [1.807, 2.05) is 41.4 Å². The van der Waals surface area contributed by atoms with Crippen molar-refractivity contribution < 1.29 is 4.79 Å². The van der Waals surface area contributed by atoms with Crippen LogP contribution in [0.15, 0.2) is 72.8 Å². The molecule has 3 nitrogen and oxygen atoms in total. The fourth-order valence-electron chi connectivity index (χ4n) is 3.64. The van der Waals surface area contributed by atoms with Gasteiger partial charge in [0.2, 0.25) is 5.91 Å². The molecule has 3 heteroatoms. The third-order valence-corrected chi connectivity index (χ3v) is 4.95. The van der Waals surface area contributed by atoms with Gasteiger partial charge in [0.1, 0.15) is 0 Å². The summed E-state index contributed by atoms with van der Waals surface area (Å²) < 4.78 is 0. The molecule has 0 aromatic heterocycles. The molecule has 0 aliphatic carbocycles. The van der Waals surface area contributed by atoms with Crippen LogP contribution < -0.4 is 5.01 Å². The number of anilines is 1. The third-order valence-electron chi connectivity index (χ3n) is 4.95. The van der Waals surface area contributed by atoms with E-state index < -0.39 is 0 Å². The van der Waals surface area contributed by atoms with Crippen molar-refractivity contribution in [1.82, 2.24) is 5.01 Å². The molecular formula is C21H22N2O. The summed E-state index contributed by atoms with van der Waals surface area (Å²) in [5.41, 5.74) is 2.31. The lowest BCUT2D eigenvalue weighted by atomic mass is 9.97. The smallest absolute Gasteiger partial charge is 0.248 e. The number of benzene rings is 2. The number of nitrogens with zero attached hydrogens (tertiary/aromatic N) is 2. The van der Waals surface area contributed by atoms with Crippen molar-refractivity contribution in [3.05, 3.63) is 78.4 Å². The number of amides is 1. The van der Waals surface area contributed by atoms with E-state index in [2.05, 4.69) is 41.4 Å². The molecule has 1 saturated heterocycles. The van der Waals surface area contributed by atoms with Crippen molar-refractivity contribution >= 4 is 11.6 Å². The van der Waals surface area contributed by atoms with E-state index in [4.69, 9.17) is 0 Å². The van der Waals surface area contributed by atoms with Crippen LogP contribution in [-0.4, -0.2) is 24.0 Å². The highest BCUT2D eigenvalue weighted by Gasteiger charge is 2.35. The molecule has 2 atom stereocenters. The minimum atomic E-state index is -0.0817. The van der Waals surface area contributed by atoms with Gasteiger partial charge in [0.25, 0.3) is 0 Å². The summed E-state index contributed by atoms with van der Waals surface area (Å²) in [6.45, 7) is 1.68. The zero-order valence-electron chi connectivity index (χ0n) is 13.7. The molecule has 2 aliphatic heterocycles. The Morgan fingerprint density at radius 2 is 1.58 bits per heavy atom. The zero-order chi connectivity index (χ0) is 16.4. The Kier molecular flexibility index (Phi) is 4.08. The van der Waals surface area contributed by atoms with Gasteiger partial charge in [-0.05, 0) is 36.5 Å². The molecule has 0 spiro atoms. The van der Waals surface area contributed by atoms with Crippen LogP contribution in [0.2, 0.25) is 0 Å². The van der Waals surface area contributed by atoms with Crippen LogP contribution in [0, 0.1) is 11.8 Å². The Balaban J connectivity index is 1.60. The molecule has 2 aromatic carbocycles. The van der Waals surface area contributed by atoms with Gasteiger partial charge in [0, 0.05) is 13.1 Å². The largest absolute Gasteiger partial charge is 0.283 e. The molecule has 122 valence electrons. The Morgan fingerprint density at radius 3 is 2.33 bits per heavy atom. The van der Waals surface area contributed by atoms with E-state index in [0.29, 0.717) is 5.92 Å². The molecule has 24 heavy (non-hydrogen) atoms. The first kappa shape index (κ1) is 15.0. The summed E-state index contributed by atoms with van der Waals surface area (Å²) in [7, 11) is 0. The van der Waals surface area contributed by atoms with Gasteiger partial charge in [-0.3, -0.25) is 14.8 Å². The summed E-state index contributed by atoms with van der Waals surface area (Å²) in [5, 5.41) is 4.13. The minimum absolute atomic E-state index is 0.0817. The number of rotatable bonds is 3. The number of carbonyl (C=O) groups is 1. The molecule has 2 aromatic rings. The van der Waals surface area contributed by atoms with E-state index >= 15 is 0 Å². The Hall–Kier alpha value is -2.55. The first-order valence-electron chi connectivity index (χ1n) is 8.67. The maximum Gasteiger partial charge on any atom is 0.248 e. The van der Waals surface area contributed by atoms with Crippen LogP contribution in [0.3, 0.4) is 0 Å². The van der Waals surface area contributed by atoms with Gasteiger partial charge < -0.3 is 0 Å². The van der Waals surface area contributed by atoms with Gasteiger partial charge in [-0.1, -0.05) is 60.7 Å². The monoisotopic (exact) mass is 318 g/mol. The lowest BCUT2D eigenvalue weighted by Gasteiger charge is -2.42. The fourth-order valence-corrected chi connectivity index (χ4v) is 3.64. The number of carbonyl (C=O) groups excluding carboxylic acids is 1. The second-order valence-corrected chi connectivity index (χ2v) is 6.61. The van der Waals surface area contributed by atoms with E-state index in [-0.39, 0.29) is 11.8 Å². The van der Waals surface area contributed by atoms with Gasteiger partial charge in [-0.2, -0.15) is 0 Å². The van der Waals surface area contributed by atoms with Crippen LogP contribution in [0.1, 0.15) is 12.0 Å². The predicted molar refractivity (Wildman–Crippen MR) is 96.4 cm³/mol. The quantitative estimate of drug-likeness (QED) is 0.806. The summed E-state index contributed by atoms with van der Waals surface area (Å²) in [4.78, 5) is 13.2. The SMILES string of the molecule is O=C1[C@@H](Cc2ccccc2)C=C[C@H]2CCN(c3ccccc3)N1C2. The van der Waals surface area contributed by atoms with Crippen molar-refractivity contribution in [3.63, 3.8) is 0 Å². The predicted octanol–water partition coefficient (Wildman–Crippen LogP) is 3.69. The normalized spacial score (nSPS) is 23.2. The van der Waals surface area contributed by atoms with Crippen LogP contribution in [0.5, 0.6) is 0 Å². The van der Waals surface area contributed by atoms with Crippen molar-refractivity contribution in [2.45, 2.75) is 12.8 Å². The summed E-state index contributed by atoms with van der Waals surface area (Å²) in [5.74, 6) is 0.595. The molecule has 2 heterocycles. The Labute approximate surface area is 143 Å². The van der Waals surface area contributed by atoms with Crippen molar-refractivity contribution in [2.75, 3.05) is 18.1 Å². The fraction of sp³-hybridized carbons (Fsp3) is 0.286. The minimum Gasteiger partial charge on any atom is -0.283 e. The maximum atomic E-state index is 13.2. The third kappa shape index (κ3) is 2.94. The van der Waals surface area contributed by atoms with Crippen LogP contribution in [0.4, 0.5) is 5.69 Å². The Bertz CT molecular complexity index is 726. The maximum absolute atomic E-state index is 13.2. The first-order chi connectivity index (χ1) is 11.8. The van der Waals surface area contributed by atoms with Crippen molar-refractivity contribution in [3.8, 4) is 0 Å². The van der Waals surface area contributed by atoms with Gasteiger partial charge in [-0.15, -0.1) is 0 Å². The van der Waals surface area contributed by atoms with Crippen LogP contribution in [-0.2, 0) is 11.2 Å². The topological polar surface area (TPSA) is 23.6 Å². The highest BCUT2D eigenvalue weighted by atomic mass is 16.2. The number of hydrazine groups is 1. The molecule has 0 N–H and O–H groups in total. The second kappa shape index (κ2) is 6.52. The number of para-hydroxylation sites is 1. The number of hydrogen-bond acceptors (Lipinski definition) is 2. The number of hydrogen-bond donors (Lipinski definition) is 0. The Morgan fingerprint density at radius 1 is 0.875 bits per heavy atom. The molecule has 2 bridgehead atoms. The van der Waals surface area contributed by atoms with E-state index in [9.17, 15) is 4.79 Å². The zero-order valence-corrected chi connectivity index (χ0v) is 13.7. The van der Waals surface area contributed by atoms with Crippen LogP contribution >= 0.6 is 0 Å². The van der Waals surface area contributed by atoms with Crippen LogP contribution in [0.25, 0.3) is 0 Å². The molecule has 0 saturated carbocycles. The summed E-state index contributed by atoms with van der Waals surface area (Å²) in [6.07, 6.45) is 6.25. The average molecular weight is 318 g/mol. The highest BCUT2D eigenvalue weighted by molar-refractivity contribution is 5.83. The molecule has 0 radical (unpaired) electrons.